The number of rotatable bonds is 7. The molecular weight excluding hydrogens is 382 g/mol. The monoisotopic (exact) mass is 410 g/mol. The fourth-order valence-corrected chi connectivity index (χ4v) is 4.48. The van der Waals surface area contributed by atoms with Crippen molar-refractivity contribution in [2.45, 2.75) is 6.54 Å². The van der Waals surface area contributed by atoms with Gasteiger partial charge >= 0.3 is 0 Å². The van der Waals surface area contributed by atoms with E-state index in [1.54, 1.807) is 26.2 Å². The predicted molar refractivity (Wildman–Crippen MR) is 107 cm³/mol. The molecule has 0 saturated carbocycles. The van der Waals surface area contributed by atoms with Gasteiger partial charge in [0, 0.05) is 12.3 Å². The summed E-state index contributed by atoms with van der Waals surface area (Å²) in [6.45, 7) is 4.74. The molecule has 1 aromatic carbocycles. The highest BCUT2D eigenvalue weighted by atomic mass is 32.2. The van der Waals surface area contributed by atoms with Crippen molar-refractivity contribution in [2.75, 3.05) is 66.4 Å². The molecule has 2 amide bonds. The number of ether oxygens (including phenoxy) is 3. The average molecular weight is 411 g/mol. The number of nitrogens with one attached hydrogen (secondary N) is 1. The highest BCUT2D eigenvalue weighted by Crippen LogP contribution is 2.39. The van der Waals surface area contributed by atoms with Crippen LogP contribution >= 0.6 is 11.8 Å². The number of hydrogen-bond donors (Lipinski definition) is 1. The second-order valence-electron chi connectivity index (χ2n) is 6.84. The summed E-state index contributed by atoms with van der Waals surface area (Å²) >= 11 is 1.29. The molecule has 3 rings (SSSR count). The lowest BCUT2D eigenvalue weighted by molar-refractivity contribution is -0.917. The number of methoxy groups -OCH3 is 3. The van der Waals surface area contributed by atoms with Crippen molar-refractivity contribution < 1.29 is 28.7 Å². The molecule has 2 aliphatic heterocycles. The van der Waals surface area contributed by atoms with E-state index in [9.17, 15) is 9.59 Å². The van der Waals surface area contributed by atoms with E-state index in [2.05, 4.69) is 0 Å². The van der Waals surface area contributed by atoms with Gasteiger partial charge in [-0.05, 0) is 12.1 Å². The first-order chi connectivity index (χ1) is 13.6. The zero-order chi connectivity index (χ0) is 20.1. The summed E-state index contributed by atoms with van der Waals surface area (Å²) in [5.74, 6) is 2.75. The van der Waals surface area contributed by atoms with E-state index in [1.807, 2.05) is 17.0 Å². The minimum Gasteiger partial charge on any atom is -0.493 e. The summed E-state index contributed by atoms with van der Waals surface area (Å²) in [7, 11) is 4.84. The van der Waals surface area contributed by atoms with Gasteiger partial charge in [-0.2, -0.15) is 0 Å². The molecule has 8 nitrogen and oxygen atoms in total. The van der Waals surface area contributed by atoms with Crippen molar-refractivity contribution in [3.05, 3.63) is 17.7 Å². The van der Waals surface area contributed by atoms with Crippen LogP contribution in [0.5, 0.6) is 17.2 Å². The first-order valence-corrected chi connectivity index (χ1v) is 10.4. The van der Waals surface area contributed by atoms with Crippen molar-refractivity contribution in [3.63, 3.8) is 0 Å². The number of nitrogens with zero attached hydrogens (tertiary/aromatic N) is 2. The van der Waals surface area contributed by atoms with Crippen LogP contribution in [0.15, 0.2) is 12.1 Å². The Hall–Kier alpha value is -2.13. The number of hydrogen-bond acceptors (Lipinski definition) is 6. The maximum Gasteiger partial charge on any atom is 0.282 e. The number of carbonyl (C=O) groups is 2. The second-order valence-corrected chi connectivity index (χ2v) is 7.88. The van der Waals surface area contributed by atoms with Crippen LogP contribution in [-0.4, -0.2) is 87.3 Å². The first kappa shape index (κ1) is 20.6. The van der Waals surface area contributed by atoms with Gasteiger partial charge in [-0.1, -0.05) is 11.8 Å². The third-order valence-corrected chi connectivity index (χ3v) is 6.11. The van der Waals surface area contributed by atoms with Crippen LogP contribution in [0.4, 0.5) is 4.79 Å². The fourth-order valence-electron chi connectivity index (χ4n) is 3.65. The molecule has 0 unspecified atom stereocenters. The van der Waals surface area contributed by atoms with Crippen LogP contribution in [0.1, 0.15) is 5.56 Å². The van der Waals surface area contributed by atoms with E-state index in [0.717, 1.165) is 31.0 Å². The molecule has 2 fully saturated rings. The maximum atomic E-state index is 12.5. The molecule has 0 bridgehead atoms. The zero-order valence-corrected chi connectivity index (χ0v) is 17.5. The lowest BCUT2D eigenvalue weighted by Gasteiger charge is -2.33. The topological polar surface area (TPSA) is 72.8 Å². The lowest BCUT2D eigenvalue weighted by Crippen LogP contribution is -3.13. The standard InChI is InChI=1S/C19H27N3O5S/c1-25-15-5-4-14(17(26-2)18(15)27-3)12-20-6-8-21(9-7-20)16(23)13-22-10-11-28-19(22)24/h4-5H,6-13H2,1-3H3/p+1. The first-order valence-electron chi connectivity index (χ1n) is 9.38. The van der Waals surface area contributed by atoms with Crippen LogP contribution in [-0.2, 0) is 11.3 Å². The van der Waals surface area contributed by atoms with Gasteiger partial charge in [-0.15, -0.1) is 0 Å². The Kier molecular flexibility index (Phi) is 6.90. The average Bonchev–Trinajstić information content (AvgIpc) is 3.12. The minimum atomic E-state index is 0.0122. The number of carbonyl (C=O) groups excluding carboxylic acids is 2. The van der Waals surface area contributed by atoms with Crippen LogP contribution in [0, 0.1) is 0 Å². The third kappa shape index (κ3) is 4.47. The zero-order valence-electron chi connectivity index (χ0n) is 16.7. The minimum absolute atomic E-state index is 0.0122. The van der Waals surface area contributed by atoms with Crippen LogP contribution in [0.25, 0.3) is 0 Å². The molecule has 28 heavy (non-hydrogen) atoms. The van der Waals surface area contributed by atoms with E-state index >= 15 is 0 Å². The summed E-state index contributed by atoms with van der Waals surface area (Å²) in [4.78, 5) is 29.1. The quantitative estimate of drug-likeness (QED) is 0.688. The number of piperazine rings is 1. The molecule has 2 aliphatic rings. The number of benzene rings is 1. The van der Waals surface area contributed by atoms with Crippen LogP contribution in [0.3, 0.4) is 0 Å². The summed E-state index contributed by atoms with van der Waals surface area (Å²) in [5.41, 5.74) is 1.05. The van der Waals surface area contributed by atoms with Gasteiger partial charge in [-0.3, -0.25) is 9.59 Å². The van der Waals surface area contributed by atoms with Crippen molar-refractivity contribution in [1.82, 2.24) is 9.80 Å². The molecule has 0 radical (unpaired) electrons. The molecule has 9 heteroatoms. The van der Waals surface area contributed by atoms with Gasteiger partial charge in [-0.25, -0.2) is 0 Å². The van der Waals surface area contributed by atoms with Gasteiger partial charge in [0.1, 0.15) is 13.1 Å². The Balaban J connectivity index is 1.57. The Morgan fingerprint density at radius 2 is 1.79 bits per heavy atom. The predicted octanol–water partition coefficient (Wildman–Crippen LogP) is 0.108. The molecule has 2 heterocycles. The number of amides is 2. The van der Waals surface area contributed by atoms with Gasteiger partial charge in [0.25, 0.3) is 5.24 Å². The Labute approximate surface area is 169 Å². The van der Waals surface area contributed by atoms with E-state index < -0.39 is 0 Å². The van der Waals surface area contributed by atoms with Crippen LogP contribution in [0.2, 0.25) is 0 Å². The van der Waals surface area contributed by atoms with E-state index in [4.69, 9.17) is 14.2 Å². The van der Waals surface area contributed by atoms with Crippen molar-refractivity contribution in [3.8, 4) is 17.2 Å². The van der Waals surface area contributed by atoms with Gasteiger partial charge in [0.05, 0.1) is 53.1 Å². The summed E-state index contributed by atoms with van der Waals surface area (Å²) < 4.78 is 16.4. The molecule has 0 aromatic heterocycles. The molecule has 1 aromatic rings. The maximum absolute atomic E-state index is 12.5. The molecule has 0 atom stereocenters. The second kappa shape index (κ2) is 9.38. The largest absolute Gasteiger partial charge is 0.493 e. The van der Waals surface area contributed by atoms with Gasteiger partial charge < -0.3 is 28.9 Å². The Morgan fingerprint density at radius 3 is 2.36 bits per heavy atom. The summed E-state index contributed by atoms with van der Waals surface area (Å²) in [6, 6.07) is 3.89. The van der Waals surface area contributed by atoms with E-state index in [1.165, 1.54) is 16.7 Å². The van der Waals surface area contributed by atoms with E-state index in [-0.39, 0.29) is 17.7 Å². The molecule has 0 spiro atoms. The van der Waals surface area contributed by atoms with E-state index in [0.29, 0.717) is 36.9 Å². The van der Waals surface area contributed by atoms with Crippen molar-refractivity contribution in [2.24, 2.45) is 0 Å². The highest BCUT2D eigenvalue weighted by Gasteiger charge is 2.29. The van der Waals surface area contributed by atoms with Gasteiger partial charge in [0.2, 0.25) is 11.7 Å². The highest BCUT2D eigenvalue weighted by molar-refractivity contribution is 8.13. The van der Waals surface area contributed by atoms with Crippen molar-refractivity contribution >= 4 is 22.9 Å². The van der Waals surface area contributed by atoms with Gasteiger partial charge in [0.15, 0.2) is 11.5 Å². The Morgan fingerprint density at radius 1 is 1.07 bits per heavy atom. The number of thioether (sulfide) groups is 1. The van der Waals surface area contributed by atoms with Crippen molar-refractivity contribution in [1.29, 1.82) is 0 Å². The third-order valence-electron chi connectivity index (χ3n) is 5.22. The molecule has 0 aliphatic carbocycles. The Bertz CT molecular complexity index is 722. The smallest absolute Gasteiger partial charge is 0.282 e. The molecule has 2 saturated heterocycles. The molecular formula is C19H28N3O5S+. The summed E-state index contributed by atoms with van der Waals surface area (Å²) in [5, 5.41) is 0.0122. The lowest BCUT2D eigenvalue weighted by atomic mass is 10.1. The SMILES string of the molecule is COc1ccc(C[NH+]2CCN(C(=O)CN3CCSC3=O)CC2)c(OC)c1OC. The normalized spacial score (nSPS) is 17.8. The van der Waals surface area contributed by atoms with Crippen LogP contribution < -0.4 is 19.1 Å². The molecule has 1 N–H and O–H groups in total. The fraction of sp³-hybridized carbons (Fsp3) is 0.579. The number of quaternary nitrogens is 1. The summed E-state index contributed by atoms with van der Waals surface area (Å²) in [6.07, 6.45) is 0. The molecule has 154 valence electrons.